The second-order valence-electron chi connectivity index (χ2n) is 3.69. The molecule has 8 nitrogen and oxygen atoms in total. The van der Waals surface area contributed by atoms with E-state index in [2.05, 4.69) is 15.3 Å². The molecule has 0 spiro atoms. The lowest BCUT2D eigenvalue weighted by atomic mass is 10.5. The number of hydrogen-bond acceptors (Lipinski definition) is 5. The van der Waals surface area contributed by atoms with E-state index < -0.39 is 26.4 Å². The largest absolute Gasteiger partial charge is 0.480 e. The van der Waals surface area contributed by atoms with Crippen molar-refractivity contribution in [2.75, 3.05) is 12.8 Å². The molecule has 0 fully saturated rings. The summed E-state index contributed by atoms with van der Waals surface area (Å²) in [6.07, 6.45) is 6.40. The Balaban J connectivity index is 0.000000315. The van der Waals surface area contributed by atoms with Crippen molar-refractivity contribution in [3.8, 4) is 0 Å². The zero-order valence-corrected chi connectivity index (χ0v) is 12.6. The molecular formula is C13H18N3O5P. The number of carbonyl (C=O) groups is 1. The Morgan fingerprint density at radius 2 is 1.32 bits per heavy atom. The monoisotopic (exact) mass is 327 g/mol. The Bertz CT molecular complexity index is 451. The lowest BCUT2D eigenvalue weighted by Crippen LogP contribution is -2.23. The molecule has 2 aromatic heterocycles. The molecule has 4 N–H and O–H groups in total. The van der Waals surface area contributed by atoms with Crippen molar-refractivity contribution < 1.29 is 24.3 Å². The summed E-state index contributed by atoms with van der Waals surface area (Å²) in [5.41, 5.74) is 0. The Kier molecular flexibility index (Phi) is 11.4. The number of aromatic nitrogens is 2. The number of nitrogens with zero attached hydrogens (tertiary/aromatic N) is 2. The molecule has 0 unspecified atom stereocenters. The van der Waals surface area contributed by atoms with Crippen LogP contribution in [-0.2, 0) is 9.36 Å². The van der Waals surface area contributed by atoms with Crippen LogP contribution in [0.3, 0.4) is 0 Å². The lowest BCUT2D eigenvalue weighted by molar-refractivity contribution is -0.135. The summed E-state index contributed by atoms with van der Waals surface area (Å²) in [7, 11) is -4.10. The maximum Gasteiger partial charge on any atom is 0.339 e. The van der Waals surface area contributed by atoms with Crippen LogP contribution >= 0.6 is 7.60 Å². The first-order valence-electron chi connectivity index (χ1n) is 6.09. The second kappa shape index (κ2) is 12.6. The summed E-state index contributed by atoms with van der Waals surface area (Å²) < 4.78 is 10.1. The van der Waals surface area contributed by atoms with Crippen LogP contribution in [0, 0.1) is 0 Å². The molecule has 0 saturated carbocycles. The van der Waals surface area contributed by atoms with Crippen LogP contribution in [-0.4, -0.2) is 43.7 Å². The Morgan fingerprint density at radius 3 is 1.50 bits per heavy atom. The number of rotatable bonds is 4. The molecule has 22 heavy (non-hydrogen) atoms. The number of carboxylic acids is 1. The molecule has 0 atom stereocenters. The fraction of sp³-hybridized carbons (Fsp3) is 0.154. The van der Waals surface area contributed by atoms with Gasteiger partial charge in [-0.2, -0.15) is 0 Å². The van der Waals surface area contributed by atoms with Gasteiger partial charge in [-0.15, -0.1) is 0 Å². The topological polar surface area (TPSA) is 133 Å². The van der Waals surface area contributed by atoms with Crippen LogP contribution in [0.1, 0.15) is 0 Å². The highest BCUT2D eigenvalue weighted by atomic mass is 31.2. The molecule has 2 rings (SSSR count). The first-order valence-corrected chi connectivity index (χ1v) is 7.88. The van der Waals surface area contributed by atoms with Gasteiger partial charge in [0.1, 0.15) is 0 Å². The lowest BCUT2D eigenvalue weighted by Gasteiger charge is -2.02. The minimum Gasteiger partial charge on any atom is -0.480 e. The summed E-state index contributed by atoms with van der Waals surface area (Å²) in [5.74, 6) is -1.14. The van der Waals surface area contributed by atoms with Crippen LogP contribution in [0.15, 0.2) is 61.2 Å². The van der Waals surface area contributed by atoms with Gasteiger partial charge in [0.05, 0.1) is 12.8 Å². The van der Waals surface area contributed by atoms with Gasteiger partial charge in [-0.3, -0.25) is 24.6 Å². The van der Waals surface area contributed by atoms with Gasteiger partial charge in [0.15, 0.2) is 0 Å². The van der Waals surface area contributed by atoms with E-state index in [1.807, 2.05) is 36.4 Å². The summed E-state index contributed by atoms with van der Waals surface area (Å²) in [5, 5.41) is 10.1. The molecule has 0 radical (unpaired) electrons. The number of pyridine rings is 2. The summed E-state index contributed by atoms with van der Waals surface area (Å²) >= 11 is 0. The summed E-state index contributed by atoms with van der Waals surface area (Å²) in [6.45, 7) is -0.439. The summed E-state index contributed by atoms with van der Waals surface area (Å²) in [6, 6.07) is 11.4. The van der Waals surface area contributed by atoms with Crippen molar-refractivity contribution in [2.45, 2.75) is 0 Å². The number of aliphatic carboxylic acids is 1. The molecule has 0 aliphatic rings. The average Bonchev–Trinajstić information content (AvgIpc) is 2.50. The highest BCUT2D eigenvalue weighted by Crippen LogP contribution is 2.31. The number of hydrogen-bond donors (Lipinski definition) is 4. The van der Waals surface area contributed by atoms with Crippen LogP contribution in [0.5, 0.6) is 0 Å². The third-order valence-corrected chi connectivity index (χ3v) is 2.36. The van der Waals surface area contributed by atoms with E-state index in [9.17, 15) is 9.36 Å². The van der Waals surface area contributed by atoms with E-state index in [0.717, 1.165) is 0 Å². The van der Waals surface area contributed by atoms with Crippen LogP contribution in [0.25, 0.3) is 0 Å². The molecule has 2 aromatic rings. The van der Waals surface area contributed by atoms with E-state index in [1.54, 1.807) is 24.8 Å². The van der Waals surface area contributed by atoms with Crippen molar-refractivity contribution in [1.29, 1.82) is 0 Å². The molecule has 0 saturated heterocycles. The number of carboxylic acid groups (broad SMARTS) is 1. The molecule has 0 aromatic carbocycles. The van der Waals surface area contributed by atoms with Gasteiger partial charge < -0.3 is 14.9 Å². The quantitative estimate of drug-likeness (QED) is 0.610. The molecule has 0 bridgehead atoms. The molecule has 0 amide bonds. The van der Waals surface area contributed by atoms with Crippen LogP contribution in [0.4, 0.5) is 0 Å². The standard InChI is InChI=1S/2C5H5N.C3H8NO5P/c2*1-2-4-6-5-3-1;5-3(6)1-4-2-10(7,8)9/h2*1-5H;4H,1-2H2,(H,5,6)(H2,7,8,9). The summed E-state index contributed by atoms with van der Waals surface area (Å²) in [4.78, 5) is 33.7. The van der Waals surface area contributed by atoms with Crippen molar-refractivity contribution in [2.24, 2.45) is 0 Å². The van der Waals surface area contributed by atoms with Gasteiger partial charge in [0.25, 0.3) is 0 Å². The third kappa shape index (κ3) is 17.9. The first-order chi connectivity index (χ1) is 10.4. The Morgan fingerprint density at radius 1 is 0.909 bits per heavy atom. The van der Waals surface area contributed by atoms with Gasteiger partial charge in [0.2, 0.25) is 0 Å². The molecule has 120 valence electrons. The molecule has 0 aliphatic heterocycles. The predicted octanol–water partition coefficient (Wildman–Crippen LogP) is 0.959. The zero-order chi connectivity index (χ0) is 16.7. The predicted molar refractivity (Wildman–Crippen MR) is 81.0 cm³/mol. The Labute approximate surface area is 128 Å². The third-order valence-electron chi connectivity index (χ3n) is 1.73. The van der Waals surface area contributed by atoms with E-state index in [4.69, 9.17) is 14.9 Å². The minimum absolute atomic E-state index is 0.439. The first kappa shape index (κ1) is 19.9. The van der Waals surface area contributed by atoms with Crippen molar-refractivity contribution in [3.63, 3.8) is 0 Å². The van der Waals surface area contributed by atoms with Gasteiger partial charge in [-0.05, 0) is 24.3 Å². The highest BCUT2D eigenvalue weighted by Gasteiger charge is 2.11. The minimum atomic E-state index is -4.10. The number of nitrogens with one attached hydrogen (secondary N) is 1. The fourth-order valence-corrected chi connectivity index (χ4v) is 1.34. The molecule has 2 heterocycles. The van der Waals surface area contributed by atoms with Gasteiger partial charge in [-0.25, -0.2) is 0 Å². The van der Waals surface area contributed by atoms with Gasteiger partial charge >= 0.3 is 13.6 Å². The van der Waals surface area contributed by atoms with E-state index in [-0.39, 0.29) is 0 Å². The van der Waals surface area contributed by atoms with Crippen molar-refractivity contribution in [1.82, 2.24) is 15.3 Å². The smallest absolute Gasteiger partial charge is 0.339 e. The van der Waals surface area contributed by atoms with Crippen molar-refractivity contribution >= 4 is 13.6 Å². The maximum absolute atomic E-state index is 10.1. The normalized spacial score (nSPS) is 9.55. The van der Waals surface area contributed by atoms with E-state index in [1.165, 1.54) is 0 Å². The molecule has 0 aliphatic carbocycles. The SMILES string of the molecule is O=C(O)CNCP(=O)(O)O.c1ccncc1.c1ccncc1. The highest BCUT2D eigenvalue weighted by molar-refractivity contribution is 7.51. The molecule has 9 heteroatoms. The van der Waals surface area contributed by atoms with Gasteiger partial charge in [0, 0.05) is 24.8 Å². The van der Waals surface area contributed by atoms with Crippen LogP contribution in [0.2, 0.25) is 0 Å². The van der Waals surface area contributed by atoms with E-state index >= 15 is 0 Å². The second-order valence-corrected chi connectivity index (χ2v) is 5.34. The zero-order valence-electron chi connectivity index (χ0n) is 11.7. The van der Waals surface area contributed by atoms with Gasteiger partial charge in [-0.1, -0.05) is 12.1 Å². The van der Waals surface area contributed by atoms with Crippen LogP contribution < -0.4 is 5.32 Å². The average molecular weight is 327 g/mol. The fourth-order valence-electron chi connectivity index (χ4n) is 0.934. The van der Waals surface area contributed by atoms with Crippen molar-refractivity contribution in [3.05, 3.63) is 61.2 Å². The maximum atomic E-state index is 10.1. The van der Waals surface area contributed by atoms with E-state index in [0.29, 0.717) is 0 Å². The Hall–Kier alpha value is -2.12. The molecular weight excluding hydrogens is 309 g/mol.